The minimum absolute atomic E-state index is 0.681. The zero-order valence-electron chi connectivity index (χ0n) is 10.6. The molecule has 1 aliphatic rings. The van der Waals surface area contributed by atoms with Gasteiger partial charge in [0.05, 0.1) is 5.39 Å². The quantitative estimate of drug-likeness (QED) is 0.803. The van der Waals surface area contributed by atoms with Crippen molar-refractivity contribution in [2.45, 2.75) is 32.7 Å². The van der Waals surface area contributed by atoms with Crippen LogP contribution < -0.4 is 4.90 Å². The molecule has 0 amide bonds. The summed E-state index contributed by atoms with van der Waals surface area (Å²) in [5, 5.41) is 2.24. The molecule has 3 rings (SSSR count). The fourth-order valence-corrected chi connectivity index (χ4v) is 3.69. The van der Waals surface area contributed by atoms with E-state index in [1.54, 1.807) is 17.7 Å². The Bertz CT molecular complexity index is 577. The monoisotopic (exact) mass is 325 g/mol. The Morgan fingerprint density at radius 3 is 2.83 bits per heavy atom. The first-order valence-electron chi connectivity index (χ1n) is 6.25. The third kappa shape index (κ3) is 2.03. The van der Waals surface area contributed by atoms with E-state index in [1.807, 2.05) is 0 Å². The molecule has 0 bridgehead atoms. The number of aromatic nitrogens is 2. The minimum atomic E-state index is 0.681. The van der Waals surface area contributed by atoms with E-state index in [0.29, 0.717) is 6.04 Å². The zero-order valence-corrected chi connectivity index (χ0v) is 13.0. The Hall–Kier alpha value is -0.680. The normalized spacial score (nSPS) is 15.3. The molecule has 1 saturated carbocycles. The maximum absolute atomic E-state index is 4.56. The lowest BCUT2D eigenvalue weighted by Crippen LogP contribution is -2.28. The van der Waals surface area contributed by atoms with Crippen LogP contribution in [0.4, 0.5) is 5.82 Å². The summed E-state index contributed by atoms with van der Waals surface area (Å²) in [6.45, 7) is 5.36. The number of hydrogen-bond acceptors (Lipinski definition) is 4. The highest BCUT2D eigenvalue weighted by Crippen LogP contribution is 2.38. The first kappa shape index (κ1) is 12.4. The Labute approximate surface area is 119 Å². The summed E-state index contributed by atoms with van der Waals surface area (Å²) in [7, 11) is 0. The topological polar surface area (TPSA) is 29.0 Å². The Morgan fingerprint density at radius 2 is 2.17 bits per heavy atom. The van der Waals surface area contributed by atoms with Gasteiger partial charge in [-0.05, 0) is 32.3 Å². The number of rotatable bonds is 4. The smallest absolute Gasteiger partial charge is 0.141 e. The maximum Gasteiger partial charge on any atom is 0.141 e. The van der Waals surface area contributed by atoms with Crippen molar-refractivity contribution in [1.29, 1.82) is 0 Å². The van der Waals surface area contributed by atoms with E-state index < -0.39 is 0 Å². The molecule has 0 spiro atoms. The van der Waals surface area contributed by atoms with Crippen molar-refractivity contribution in [3.05, 3.63) is 16.8 Å². The number of fused-ring (bicyclic) bond motifs is 1. The molecule has 2 aromatic heterocycles. The number of anilines is 1. The molecule has 0 N–H and O–H groups in total. The van der Waals surface area contributed by atoms with Crippen LogP contribution in [0.5, 0.6) is 0 Å². The molecule has 96 valence electrons. The standard InChI is InChI=1S/C13H16BrN3S/c1-8-9(2)18-13-11(8)12(15-7-16-13)17(6-5-14)10-3-4-10/h7,10H,3-6H2,1-2H3. The number of hydrogen-bond donors (Lipinski definition) is 0. The van der Waals surface area contributed by atoms with E-state index in [4.69, 9.17) is 0 Å². The fourth-order valence-electron chi connectivity index (χ4n) is 2.32. The summed E-state index contributed by atoms with van der Waals surface area (Å²) in [5.41, 5.74) is 1.34. The van der Waals surface area contributed by atoms with E-state index >= 15 is 0 Å². The molecular formula is C13H16BrN3S. The second-order valence-corrected chi connectivity index (χ2v) is 6.77. The van der Waals surface area contributed by atoms with Crippen molar-refractivity contribution >= 4 is 43.3 Å². The fraction of sp³-hybridized carbons (Fsp3) is 0.538. The average Bonchev–Trinajstić information content (AvgIpc) is 3.15. The number of aryl methyl sites for hydroxylation is 2. The second kappa shape index (κ2) is 4.78. The molecular weight excluding hydrogens is 310 g/mol. The number of thiophene rings is 1. The summed E-state index contributed by atoms with van der Waals surface area (Å²) in [6.07, 6.45) is 4.29. The second-order valence-electron chi connectivity index (χ2n) is 4.77. The number of alkyl halides is 1. The Balaban J connectivity index is 2.14. The third-order valence-corrected chi connectivity index (χ3v) is 5.00. The van der Waals surface area contributed by atoms with Crippen LogP contribution in [-0.4, -0.2) is 27.9 Å². The predicted octanol–water partition coefficient (Wildman–Crippen LogP) is 3.67. The summed E-state index contributed by atoms with van der Waals surface area (Å²) in [5.74, 6) is 1.13. The van der Waals surface area contributed by atoms with Crippen LogP contribution in [0.25, 0.3) is 10.2 Å². The van der Waals surface area contributed by atoms with Crippen molar-refractivity contribution in [2.24, 2.45) is 0 Å². The molecule has 0 radical (unpaired) electrons. The highest BCUT2D eigenvalue weighted by atomic mass is 79.9. The van der Waals surface area contributed by atoms with Crippen LogP contribution in [0.15, 0.2) is 6.33 Å². The van der Waals surface area contributed by atoms with E-state index in [2.05, 4.69) is 44.6 Å². The van der Waals surface area contributed by atoms with Gasteiger partial charge in [0.25, 0.3) is 0 Å². The molecule has 0 aliphatic heterocycles. The molecule has 0 atom stereocenters. The van der Waals surface area contributed by atoms with Gasteiger partial charge in [-0.2, -0.15) is 0 Å². The predicted molar refractivity (Wildman–Crippen MR) is 81.1 cm³/mol. The van der Waals surface area contributed by atoms with Crippen LogP contribution in [-0.2, 0) is 0 Å². The van der Waals surface area contributed by atoms with Gasteiger partial charge in [0.15, 0.2) is 0 Å². The van der Waals surface area contributed by atoms with Gasteiger partial charge in [0, 0.05) is 22.8 Å². The molecule has 5 heteroatoms. The van der Waals surface area contributed by atoms with Gasteiger partial charge < -0.3 is 4.90 Å². The Kier molecular flexibility index (Phi) is 3.28. The molecule has 3 nitrogen and oxygen atoms in total. The Morgan fingerprint density at radius 1 is 1.39 bits per heavy atom. The molecule has 0 unspecified atom stereocenters. The zero-order chi connectivity index (χ0) is 12.7. The van der Waals surface area contributed by atoms with Gasteiger partial charge >= 0.3 is 0 Å². The van der Waals surface area contributed by atoms with Crippen LogP contribution >= 0.6 is 27.3 Å². The van der Waals surface area contributed by atoms with Gasteiger partial charge in [-0.3, -0.25) is 0 Å². The van der Waals surface area contributed by atoms with Gasteiger partial charge in [-0.15, -0.1) is 11.3 Å². The van der Waals surface area contributed by atoms with Crippen molar-refractivity contribution in [2.75, 3.05) is 16.8 Å². The third-order valence-electron chi connectivity index (χ3n) is 3.53. The first-order chi connectivity index (χ1) is 8.72. The maximum atomic E-state index is 4.56. The van der Waals surface area contributed by atoms with Gasteiger partial charge in [0.2, 0.25) is 0 Å². The van der Waals surface area contributed by atoms with Crippen molar-refractivity contribution in [1.82, 2.24) is 9.97 Å². The summed E-state index contributed by atoms with van der Waals surface area (Å²) >= 11 is 5.32. The van der Waals surface area contributed by atoms with Crippen LogP contribution in [0, 0.1) is 13.8 Å². The SMILES string of the molecule is Cc1sc2ncnc(N(CCBr)C3CC3)c2c1C. The lowest BCUT2D eigenvalue weighted by molar-refractivity contribution is 0.818. The highest BCUT2D eigenvalue weighted by Gasteiger charge is 2.31. The summed E-state index contributed by atoms with van der Waals surface area (Å²) in [6, 6.07) is 0.681. The van der Waals surface area contributed by atoms with Crippen LogP contribution in [0.3, 0.4) is 0 Å². The molecule has 0 aromatic carbocycles. The van der Waals surface area contributed by atoms with Crippen molar-refractivity contribution in [3.63, 3.8) is 0 Å². The molecule has 2 heterocycles. The molecule has 1 aliphatic carbocycles. The number of nitrogens with zero attached hydrogens (tertiary/aromatic N) is 3. The van der Waals surface area contributed by atoms with E-state index in [0.717, 1.165) is 22.5 Å². The lowest BCUT2D eigenvalue weighted by atomic mass is 10.2. The lowest BCUT2D eigenvalue weighted by Gasteiger charge is -2.23. The largest absolute Gasteiger partial charge is 0.352 e. The van der Waals surface area contributed by atoms with E-state index in [1.165, 1.54) is 28.7 Å². The average molecular weight is 326 g/mol. The van der Waals surface area contributed by atoms with E-state index in [9.17, 15) is 0 Å². The highest BCUT2D eigenvalue weighted by molar-refractivity contribution is 9.09. The van der Waals surface area contributed by atoms with Crippen molar-refractivity contribution in [3.8, 4) is 0 Å². The van der Waals surface area contributed by atoms with Gasteiger partial charge in [-0.25, -0.2) is 9.97 Å². The molecule has 0 saturated heterocycles. The van der Waals surface area contributed by atoms with Crippen LogP contribution in [0.1, 0.15) is 23.3 Å². The summed E-state index contributed by atoms with van der Waals surface area (Å²) in [4.78, 5) is 13.9. The molecule has 1 fully saturated rings. The van der Waals surface area contributed by atoms with Gasteiger partial charge in [-0.1, -0.05) is 15.9 Å². The number of halogens is 1. The first-order valence-corrected chi connectivity index (χ1v) is 8.19. The van der Waals surface area contributed by atoms with Gasteiger partial charge in [0.1, 0.15) is 17.0 Å². The molecule has 2 aromatic rings. The van der Waals surface area contributed by atoms with Crippen molar-refractivity contribution < 1.29 is 0 Å². The van der Waals surface area contributed by atoms with E-state index in [-0.39, 0.29) is 0 Å². The van der Waals surface area contributed by atoms with Crippen LogP contribution in [0.2, 0.25) is 0 Å². The minimum Gasteiger partial charge on any atom is -0.352 e. The molecule has 18 heavy (non-hydrogen) atoms. The summed E-state index contributed by atoms with van der Waals surface area (Å²) < 4.78 is 0.